The van der Waals surface area contributed by atoms with E-state index >= 15 is 0 Å². The number of nitrogens with zero attached hydrogens (tertiary/aromatic N) is 2. The molecule has 5 aromatic carbocycles. The Balaban J connectivity index is 1.25. The van der Waals surface area contributed by atoms with E-state index in [2.05, 4.69) is 57.1 Å². The summed E-state index contributed by atoms with van der Waals surface area (Å²) in [5, 5.41) is 5.44. The van der Waals surface area contributed by atoms with E-state index in [9.17, 15) is 14.4 Å². The van der Waals surface area contributed by atoms with Gasteiger partial charge in [0, 0.05) is 10.2 Å². The molecular formula is C45H38BrN3O5S. The Labute approximate surface area is 333 Å². The van der Waals surface area contributed by atoms with Gasteiger partial charge in [-0.1, -0.05) is 150 Å². The number of amides is 3. The molecule has 0 spiro atoms. The first-order chi connectivity index (χ1) is 26.8. The lowest BCUT2D eigenvalue weighted by molar-refractivity contribution is -0.126. The van der Waals surface area contributed by atoms with E-state index in [1.54, 1.807) is 43.4 Å². The van der Waals surface area contributed by atoms with Crippen molar-refractivity contribution in [1.82, 2.24) is 10.2 Å². The van der Waals surface area contributed by atoms with Crippen molar-refractivity contribution < 1.29 is 23.9 Å². The quantitative estimate of drug-likeness (QED) is 0.0723. The van der Waals surface area contributed by atoms with Crippen molar-refractivity contribution in [2.75, 3.05) is 12.9 Å². The largest absolute Gasteiger partial charge is 0.493 e. The van der Waals surface area contributed by atoms with Gasteiger partial charge in [0.1, 0.15) is 12.2 Å². The normalized spacial score (nSPS) is 14.1. The van der Waals surface area contributed by atoms with Crippen LogP contribution in [-0.2, 0) is 21.0 Å². The highest BCUT2D eigenvalue weighted by atomic mass is 79.9. The maximum Gasteiger partial charge on any atom is 0.285 e. The average Bonchev–Trinajstić information content (AvgIpc) is 3.21. The van der Waals surface area contributed by atoms with Crippen LogP contribution in [0.3, 0.4) is 0 Å². The topological polar surface area (TPSA) is 97.3 Å². The number of thioether (sulfide) groups is 1. The van der Waals surface area contributed by atoms with Crippen LogP contribution in [0.1, 0.15) is 35.2 Å². The Hall–Kier alpha value is -5.97. The zero-order valence-corrected chi connectivity index (χ0v) is 32.7. The van der Waals surface area contributed by atoms with Crippen molar-refractivity contribution in [3.8, 4) is 11.5 Å². The average molecular weight is 813 g/mol. The van der Waals surface area contributed by atoms with Crippen molar-refractivity contribution in [3.63, 3.8) is 0 Å². The maximum absolute atomic E-state index is 14.3. The van der Waals surface area contributed by atoms with E-state index in [1.807, 2.05) is 78.9 Å². The predicted octanol–water partition coefficient (Wildman–Crippen LogP) is 9.58. The molecule has 1 aliphatic rings. The number of ether oxygens (including phenoxy) is 2. The van der Waals surface area contributed by atoms with Crippen molar-refractivity contribution in [3.05, 3.63) is 184 Å². The first-order valence-corrected chi connectivity index (χ1v) is 19.2. The van der Waals surface area contributed by atoms with Crippen LogP contribution < -0.4 is 14.8 Å². The number of hydrogen-bond acceptors (Lipinski definition) is 6. The number of halogens is 1. The number of amidine groups is 1. The molecule has 0 aliphatic carbocycles. The Bertz CT molecular complexity index is 2320. The van der Waals surface area contributed by atoms with Gasteiger partial charge in [-0.25, -0.2) is 0 Å². The van der Waals surface area contributed by atoms with Gasteiger partial charge in [-0.05, 0) is 70.3 Å². The van der Waals surface area contributed by atoms with Crippen LogP contribution in [0.2, 0.25) is 0 Å². The number of nitrogens with one attached hydrogen (secondary N) is 1. The van der Waals surface area contributed by atoms with Crippen LogP contribution in [0.15, 0.2) is 167 Å². The van der Waals surface area contributed by atoms with E-state index < -0.39 is 17.9 Å². The zero-order chi connectivity index (χ0) is 38.7. The fraction of sp³-hybridized carbons (Fsp3) is 0.111. The van der Waals surface area contributed by atoms with Crippen LogP contribution in [0.25, 0.3) is 16.8 Å². The Morgan fingerprint density at radius 2 is 1.58 bits per heavy atom. The first-order valence-electron chi connectivity index (χ1n) is 17.4. The Kier molecular flexibility index (Phi) is 12.9. The molecule has 1 heterocycles. The lowest BCUT2D eigenvalue weighted by Crippen LogP contribution is -2.42. The molecule has 10 heteroatoms. The molecule has 0 fully saturated rings. The summed E-state index contributed by atoms with van der Waals surface area (Å²) >= 11 is 4.60. The molecule has 0 saturated heterocycles. The highest BCUT2D eigenvalue weighted by molar-refractivity contribution is 9.10. The number of aliphatic imine (C=N–C) groups is 1. The van der Waals surface area contributed by atoms with Gasteiger partial charge in [0.2, 0.25) is 5.91 Å². The molecule has 55 heavy (non-hydrogen) atoms. The number of hydrogen-bond donors (Lipinski definition) is 1. The Morgan fingerprint density at radius 3 is 2.24 bits per heavy atom. The summed E-state index contributed by atoms with van der Waals surface area (Å²) in [4.78, 5) is 47.0. The number of fused-ring (bicyclic) bond motifs is 1. The third-order valence-corrected chi connectivity index (χ3v) is 10.3. The Morgan fingerprint density at radius 1 is 0.909 bits per heavy atom. The summed E-state index contributed by atoms with van der Waals surface area (Å²) in [5.74, 6) is -0.831. The van der Waals surface area contributed by atoms with E-state index in [-0.39, 0.29) is 22.4 Å². The van der Waals surface area contributed by atoms with Crippen molar-refractivity contribution in [2.45, 2.75) is 19.6 Å². The number of carbonyl (C=O) groups excluding carboxylic acids is 3. The van der Waals surface area contributed by atoms with Crippen LogP contribution >= 0.6 is 27.7 Å². The van der Waals surface area contributed by atoms with Gasteiger partial charge in [-0.2, -0.15) is 4.99 Å². The van der Waals surface area contributed by atoms with E-state index in [1.165, 1.54) is 18.1 Å². The number of carbonyl (C=O) groups is 3. The van der Waals surface area contributed by atoms with Crippen LogP contribution in [-0.4, -0.2) is 40.7 Å². The third-order valence-electron chi connectivity index (χ3n) is 8.70. The van der Waals surface area contributed by atoms with E-state index in [0.29, 0.717) is 33.8 Å². The molecule has 1 aliphatic heterocycles. The highest BCUT2D eigenvalue weighted by Gasteiger charge is 2.35. The highest BCUT2D eigenvalue weighted by Crippen LogP contribution is 2.36. The van der Waals surface area contributed by atoms with Gasteiger partial charge in [-0.3, -0.25) is 19.3 Å². The number of benzene rings is 5. The molecule has 0 atom stereocenters. The summed E-state index contributed by atoms with van der Waals surface area (Å²) in [6.45, 7) is 5.82. The van der Waals surface area contributed by atoms with Crippen LogP contribution in [0, 0.1) is 0 Å². The van der Waals surface area contributed by atoms with Crippen LogP contribution in [0.4, 0.5) is 0 Å². The van der Waals surface area contributed by atoms with Gasteiger partial charge in [0.05, 0.1) is 18.9 Å². The molecule has 8 nitrogen and oxygen atoms in total. The van der Waals surface area contributed by atoms with Gasteiger partial charge in [0.25, 0.3) is 11.8 Å². The summed E-state index contributed by atoms with van der Waals surface area (Å²) in [7, 11) is 1.53. The molecule has 0 radical (unpaired) electrons. The number of rotatable bonds is 13. The third kappa shape index (κ3) is 9.40. The predicted molar refractivity (Wildman–Crippen MR) is 225 cm³/mol. The van der Waals surface area contributed by atoms with Crippen molar-refractivity contribution in [1.29, 1.82) is 0 Å². The summed E-state index contributed by atoms with van der Waals surface area (Å²) < 4.78 is 12.4. The molecule has 0 unspecified atom stereocenters. The minimum atomic E-state index is -0.735. The second kappa shape index (κ2) is 18.4. The summed E-state index contributed by atoms with van der Waals surface area (Å²) in [6, 6.07) is 36.6. The standard InChI is InChI=1S/C45H38BrN3O5S/c1-4-6-21-36(5-2)49-44(52)37(25-35-26-39(53-3)40(27-38(35)46)54-28-30-22-23-31-15-13-14-20-34(31)24-30)43(51)48-45(49)55-29-41(50)47-42(32-16-9-7-10-17-32)33-18-11-8-12-19-33/h4-27,42H,1,28-29H2,2-3H3,(H,47,50)/b21-6-,36-5+,37-25+. The van der Waals surface area contributed by atoms with Gasteiger partial charge in [0.15, 0.2) is 16.7 Å². The second-order valence-electron chi connectivity index (χ2n) is 12.3. The smallest absolute Gasteiger partial charge is 0.285 e. The SMILES string of the molecule is C=C/C=C\C(=C/C)N1C(=O)/C(=C/c2cc(OC)c(OCc3ccc4ccccc4c3)cc2Br)C(=O)N=C1SCC(=O)NC(c1ccccc1)c1ccccc1. The van der Waals surface area contributed by atoms with Crippen molar-refractivity contribution in [2.24, 2.45) is 4.99 Å². The zero-order valence-electron chi connectivity index (χ0n) is 30.3. The molecule has 0 saturated carbocycles. The minimum Gasteiger partial charge on any atom is -0.493 e. The molecular weight excluding hydrogens is 774 g/mol. The summed E-state index contributed by atoms with van der Waals surface area (Å²) in [6.07, 6.45) is 8.15. The van der Waals surface area contributed by atoms with Gasteiger partial charge in [-0.15, -0.1) is 0 Å². The lowest BCUT2D eigenvalue weighted by Gasteiger charge is -2.28. The minimum absolute atomic E-state index is 0.0779. The summed E-state index contributed by atoms with van der Waals surface area (Å²) in [5.41, 5.74) is 3.62. The monoisotopic (exact) mass is 811 g/mol. The van der Waals surface area contributed by atoms with Crippen LogP contribution in [0.5, 0.6) is 11.5 Å². The number of methoxy groups -OCH3 is 1. The molecule has 0 aromatic heterocycles. The van der Waals surface area contributed by atoms with Gasteiger partial charge >= 0.3 is 0 Å². The fourth-order valence-electron chi connectivity index (χ4n) is 5.97. The number of allylic oxidation sites excluding steroid dienone is 4. The van der Waals surface area contributed by atoms with E-state index in [0.717, 1.165) is 39.2 Å². The molecule has 3 amide bonds. The molecule has 6 rings (SSSR count). The fourth-order valence-corrected chi connectivity index (χ4v) is 7.22. The maximum atomic E-state index is 14.3. The van der Waals surface area contributed by atoms with Gasteiger partial charge < -0.3 is 14.8 Å². The first kappa shape index (κ1) is 38.7. The second-order valence-corrected chi connectivity index (χ2v) is 14.1. The molecule has 0 bridgehead atoms. The molecule has 5 aromatic rings. The lowest BCUT2D eigenvalue weighted by atomic mass is 9.99. The van der Waals surface area contributed by atoms with E-state index in [4.69, 9.17) is 9.47 Å². The van der Waals surface area contributed by atoms with Crippen molar-refractivity contribution >= 4 is 67.4 Å². The molecule has 276 valence electrons. The molecule has 1 N–H and O–H groups in total.